The molecule has 2 aliphatic rings. The van der Waals surface area contributed by atoms with Gasteiger partial charge in [-0.25, -0.2) is 0 Å². The Balaban J connectivity index is 1.88. The fraction of sp³-hybridized carbons (Fsp3) is 0.909. The lowest BCUT2D eigenvalue weighted by molar-refractivity contribution is -0.187. The van der Waals surface area contributed by atoms with Crippen molar-refractivity contribution in [1.82, 2.24) is 4.90 Å². The Morgan fingerprint density at radius 2 is 1.75 bits per heavy atom. The fourth-order valence-electron chi connectivity index (χ4n) is 2.19. The highest BCUT2D eigenvalue weighted by Gasteiger charge is 2.49. The highest BCUT2D eigenvalue weighted by atomic mass is 19.4. The lowest BCUT2D eigenvalue weighted by atomic mass is 9.95. The number of piperidine rings is 1. The van der Waals surface area contributed by atoms with Crippen LogP contribution in [0.2, 0.25) is 0 Å². The molecule has 1 heterocycles. The van der Waals surface area contributed by atoms with Crippen LogP contribution in [0.5, 0.6) is 0 Å². The van der Waals surface area contributed by atoms with Crippen LogP contribution < -0.4 is 0 Å². The van der Waals surface area contributed by atoms with Gasteiger partial charge in [-0.1, -0.05) is 6.92 Å². The maximum Gasteiger partial charge on any atom is 0.391 e. The average Bonchev–Trinajstić information content (AvgIpc) is 2.96. The number of amides is 1. The highest BCUT2D eigenvalue weighted by molar-refractivity contribution is 5.84. The number of carbonyl (C=O) groups is 1. The summed E-state index contributed by atoms with van der Waals surface area (Å²) in [5.41, 5.74) is -0.259. The van der Waals surface area contributed by atoms with Crippen molar-refractivity contribution in [2.75, 3.05) is 13.1 Å². The standard InChI is InChI=1S/C11H16F3NO/c1-10(4-5-10)9(16)15-6-2-8(3-7-15)11(12,13)14/h8H,2-7H2,1H3. The lowest BCUT2D eigenvalue weighted by Gasteiger charge is -2.34. The number of hydrogen-bond acceptors (Lipinski definition) is 1. The molecule has 1 aliphatic heterocycles. The van der Waals surface area contributed by atoms with Gasteiger partial charge >= 0.3 is 6.18 Å². The summed E-state index contributed by atoms with van der Waals surface area (Å²) in [7, 11) is 0. The van der Waals surface area contributed by atoms with E-state index in [1.807, 2.05) is 6.92 Å². The van der Waals surface area contributed by atoms with Crippen molar-refractivity contribution in [2.24, 2.45) is 11.3 Å². The molecule has 2 nitrogen and oxygen atoms in total. The lowest BCUT2D eigenvalue weighted by Crippen LogP contribution is -2.44. The molecule has 0 atom stereocenters. The number of nitrogens with zero attached hydrogens (tertiary/aromatic N) is 1. The van der Waals surface area contributed by atoms with Crippen molar-refractivity contribution >= 4 is 5.91 Å². The third-order valence-electron chi connectivity index (χ3n) is 3.76. The summed E-state index contributed by atoms with van der Waals surface area (Å²) in [6, 6.07) is 0. The largest absolute Gasteiger partial charge is 0.391 e. The summed E-state index contributed by atoms with van der Waals surface area (Å²) in [5.74, 6) is -1.17. The summed E-state index contributed by atoms with van der Waals surface area (Å²) in [4.78, 5) is 13.5. The molecular formula is C11H16F3NO. The Kier molecular flexibility index (Phi) is 2.67. The summed E-state index contributed by atoms with van der Waals surface area (Å²) in [6.07, 6.45) is -2.22. The third kappa shape index (κ3) is 2.18. The fourth-order valence-corrected chi connectivity index (χ4v) is 2.19. The zero-order valence-corrected chi connectivity index (χ0v) is 9.31. The van der Waals surface area contributed by atoms with Crippen LogP contribution >= 0.6 is 0 Å². The Bertz CT molecular complexity index is 288. The SMILES string of the molecule is CC1(C(=O)N2CCC(C(F)(F)F)CC2)CC1. The van der Waals surface area contributed by atoms with Crippen molar-refractivity contribution in [3.8, 4) is 0 Å². The summed E-state index contributed by atoms with van der Waals surface area (Å²) < 4.78 is 37.2. The molecule has 1 amide bonds. The predicted molar refractivity (Wildman–Crippen MR) is 52.7 cm³/mol. The molecule has 0 aromatic rings. The average molecular weight is 235 g/mol. The van der Waals surface area contributed by atoms with Crippen LogP contribution in [0.25, 0.3) is 0 Å². The van der Waals surface area contributed by atoms with E-state index in [0.717, 1.165) is 12.8 Å². The monoisotopic (exact) mass is 235 g/mol. The quantitative estimate of drug-likeness (QED) is 0.684. The van der Waals surface area contributed by atoms with Crippen molar-refractivity contribution < 1.29 is 18.0 Å². The molecule has 1 saturated heterocycles. The topological polar surface area (TPSA) is 20.3 Å². The van der Waals surface area contributed by atoms with Crippen molar-refractivity contribution in [3.05, 3.63) is 0 Å². The smallest absolute Gasteiger partial charge is 0.342 e. The van der Waals surface area contributed by atoms with E-state index in [4.69, 9.17) is 0 Å². The molecule has 5 heteroatoms. The van der Waals surface area contributed by atoms with E-state index in [9.17, 15) is 18.0 Å². The van der Waals surface area contributed by atoms with Gasteiger partial charge in [-0.15, -0.1) is 0 Å². The van der Waals surface area contributed by atoms with Gasteiger partial charge in [0, 0.05) is 18.5 Å². The van der Waals surface area contributed by atoms with E-state index in [2.05, 4.69) is 0 Å². The molecule has 0 radical (unpaired) electrons. The second-order valence-electron chi connectivity index (χ2n) is 5.17. The molecule has 1 aliphatic carbocycles. The van der Waals surface area contributed by atoms with Gasteiger partial charge in [0.25, 0.3) is 0 Å². The molecule has 0 unspecified atom stereocenters. The number of halogens is 3. The third-order valence-corrected chi connectivity index (χ3v) is 3.76. The maximum absolute atomic E-state index is 12.4. The van der Waals surface area contributed by atoms with E-state index in [-0.39, 0.29) is 37.3 Å². The summed E-state index contributed by atoms with van der Waals surface area (Å²) in [6.45, 7) is 2.42. The first-order valence-electron chi connectivity index (χ1n) is 5.69. The van der Waals surface area contributed by atoms with E-state index in [1.165, 1.54) is 0 Å². The Labute approximate surface area is 92.8 Å². The molecule has 16 heavy (non-hydrogen) atoms. The number of carbonyl (C=O) groups excluding carboxylic acids is 1. The van der Waals surface area contributed by atoms with Gasteiger partial charge in [-0.05, 0) is 25.7 Å². The Morgan fingerprint density at radius 1 is 1.25 bits per heavy atom. The predicted octanol–water partition coefficient (Wildman–Crippen LogP) is 2.59. The first kappa shape index (κ1) is 11.7. The Hall–Kier alpha value is -0.740. The molecule has 0 bridgehead atoms. The van der Waals surface area contributed by atoms with Crippen molar-refractivity contribution in [2.45, 2.75) is 38.8 Å². The maximum atomic E-state index is 12.4. The van der Waals surface area contributed by atoms with Crippen LogP contribution in [0.3, 0.4) is 0 Å². The Morgan fingerprint density at radius 3 is 2.12 bits per heavy atom. The summed E-state index contributed by atoms with van der Waals surface area (Å²) in [5, 5.41) is 0. The highest BCUT2D eigenvalue weighted by Crippen LogP contribution is 2.47. The minimum Gasteiger partial charge on any atom is -0.342 e. The number of likely N-dealkylation sites (tertiary alicyclic amines) is 1. The second-order valence-corrected chi connectivity index (χ2v) is 5.17. The normalized spacial score (nSPS) is 25.6. The van der Waals surface area contributed by atoms with Gasteiger partial charge < -0.3 is 4.90 Å². The van der Waals surface area contributed by atoms with E-state index >= 15 is 0 Å². The zero-order chi connectivity index (χ0) is 12.0. The first-order valence-corrected chi connectivity index (χ1v) is 5.69. The van der Waals surface area contributed by atoms with Gasteiger partial charge in [0.15, 0.2) is 0 Å². The van der Waals surface area contributed by atoms with Gasteiger partial charge in [0.05, 0.1) is 5.92 Å². The first-order chi connectivity index (χ1) is 7.33. The van der Waals surface area contributed by atoms with Crippen LogP contribution in [0.1, 0.15) is 32.6 Å². The molecule has 2 fully saturated rings. The van der Waals surface area contributed by atoms with Crippen LogP contribution in [-0.4, -0.2) is 30.1 Å². The van der Waals surface area contributed by atoms with Crippen LogP contribution in [0.15, 0.2) is 0 Å². The summed E-state index contributed by atoms with van der Waals surface area (Å²) >= 11 is 0. The number of alkyl halides is 3. The van der Waals surface area contributed by atoms with E-state index < -0.39 is 12.1 Å². The zero-order valence-electron chi connectivity index (χ0n) is 9.31. The van der Waals surface area contributed by atoms with Crippen LogP contribution in [0.4, 0.5) is 13.2 Å². The van der Waals surface area contributed by atoms with E-state index in [1.54, 1.807) is 4.90 Å². The minimum atomic E-state index is -4.10. The van der Waals surface area contributed by atoms with E-state index in [0.29, 0.717) is 0 Å². The molecule has 0 spiro atoms. The van der Waals surface area contributed by atoms with Gasteiger partial charge in [0.2, 0.25) is 5.91 Å². The number of rotatable bonds is 1. The van der Waals surface area contributed by atoms with Crippen LogP contribution in [-0.2, 0) is 4.79 Å². The molecule has 92 valence electrons. The van der Waals surface area contributed by atoms with Crippen molar-refractivity contribution in [3.63, 3.8) is 0 Å². The second kappa shape index (κ2) is 3.64. The molecular weight excluding hydrogens is 219 g/mol. The van der Waals surface area contributed by atoms with Gasteiger partial charge in [0.1, 0.15) is 0 Å². The van der Waals surface area contributed by atoms with Crippen molar-refractivity contribution in [1.29, 1.82) is 0 Å². The molecule has 0 aromatic heterocycles. The molecule has 1 saturated carbocycles. The van der Waals surface area contributed by atoms with Crippen LogP contribution in [0, 0.1) is 11.3 Å². The molecule has 2 rings (SSSR count). The van der Waals surface area contributed by atoms with Gasteiger partial charge in [-0.3, -0.25) is 4.79 Å². The molecule has 0 aromatic carbocycles. The minimum absolute atomic E-state index is 0.0492. The molecule has 0 N–H and O–H groups in total. The number of hydrogen-bond donors (Lipinski definition) is 0. The van der Waals surface area contributed by atoms with Gasteiger partial charge in [-0.2, -0.15) is 13.2 Å².